The van der Waals surface area contributed by atoms with Crippen LogP contribution in [0.25, 0.3) is 111 Å². The molecule has 0 aliphatic carbocycles. The van der Waals surface area contributed by atoms with Crippen LogP contribution < -0.4 is 26.2 Å². The molecule has 0 saturated carbocycles. The van der Waals surface area contributed by atoms with Crippen molar-refractivity contribution in [2.75, 3.05) is 9.80 Å². The van der Waals surface area contributed by atoms with Crippen LogP contribution in [0.15, 0.2) is 315 Å². The molecule has 18 rings (SSSR count). The predicted molar refractivity (Wildman–Crippen MR) is 370 cm³/mol. The standard InChI is InChI=1S/C81H52BN7/c1-6-26-53(27-7-1)79-83-80(54-28-8-2-9-29-54)85-81(84-79)64-41-25-40-61(78(64)89-70-45-21-17-39-63(70)66-51-65-62-38-16-20-44-69(62)86(73(65)52-74(66)89)58-32-10-3-11-33-58)56-31-24-30-55(48-56)57-49-75-77-76(50-57)88(60-36-14-5-15-37-60)72-47-23-19-43-68(72)82(77)67-42-18-22-46-71(67)87(75)59-34-12-4-13-35-59/h1-52H. The molecule has 5 heterocycles. The van der Waals surface area contributed by atoms with Crippen LogP contribution in [0.1, 0.15) is 0 Å². The van der Waals surface area contributed by atoms with Gasteiger partial charge in [-0.2, -0.15) is 0 Å². The molecule has 13 aromatic carbocycles. The second-order valence-electron chi connectivity index (χ2n) is 23.1. The highest BCUT2D eigenvalue weighted by Gasteiger charge is 2.43. The van der Waals surface area contributed by atoms with Crippen molar-refractivity contribution in [1.29, 1.82) is 0 Å². The van der Waals surface area contributed by atoms with Crippen LogP contribution in [0, 0.1) is 0 Å². The summed E-state index contributed by atoms with van der Waals surface area (Å²) in [5, 5.41) is 4.70. The number of para-hydroxylation sites is 8. The monoisotopic (exact) mass is 1130 g/mol. The van der Waals surface area contributed by atoms with Crippen molar-refractivity contribution in [3.05, 3.63) is 315 Å². The van der Waals surface area contributed by atoms with E-state index < -0.39 is 0 Å². The number of fused-ring (bicyclic) bond motifs is 10. The number of anilines is 6. The van der Waals surface area contributed by atoms with Gasteiger partial charge in [0, 0.05) is 83.6 Å². The topological polar surface area (TPSA) is 55.0 Å². The Hall–Kier alpha value is -11.9. The lowest BCUT2D eigenvalue weighted by molar-refractivity contribution is 1.06. The molecule has 16 aromatic rings. The Bertz CT molecular complexity index is 5280. The lowest BCUT2D eigenvalue weighted by atomic mass is 9.33. The van der Waals surface area contributed by atoms with E-state index in [1.165, 1.54) is 38.5 Å². The molecule has 2 aliphatic heterocycles. The number of aromatic nitrogens is 5. The van der Waals surface area contributed by atoms with Crippen LogP contribution in [0.2, 0.25) is 0 Å². The first-order valence-electron chi connectivity index (χ1n) is 30.4. The SMILES string of the molecule is c1ccc(-c2nc(-c3ccccc3)nc(-c3cccc(-c4cccc(-c5cc6c7c(c5)N(c5ccccc5)c5ccccc5B7c5ccccc5N6c5ccccc5)c4)c3-n3c4ccccc4c4cc5c6ccccc6n(-c6ccccc6)c5cc43)n2)cc1. The molecule has 0 saturated heterocycles. The van der Waals surface area contributed by atoms with E-state index in [9.17, 15) is 0 Å². The molecule has 89 heavy (non-hydrogen) atoms. The van der Waals surface area contributed by atoms with Crippen LogP contribution in [0.5, 0.6) is 0 Å². The zero-order valence-electron chi connectivity index (χ0n) is 48.2. The Morgan fingerprint density at radius 3 is 1.25 bits per heavy atom. The van der Waals surface area contributed by atoms with E-state index in [1.54, 1.807) is 0 Å². The minimum atomic E-state index is -0.000360. The highest BCUT2D eigenvalue weighted by atomic mass is 15.2. The third-order valence-electron chi connectivity index (χ3n) is 18.1. The quantitative estimate of drug-likeness (QED) is 0.135. The average Bonchev–Trinajstić information content (AvgIpc) is 1.50. The Balaban J connectivity index is 0.922. The summed E-state index contributed by atoms with van der Waals surface area (Å²) >= 11 is 0. The first-order valence-corrected chi connectivity index (χ1v) is 30.4. The molecule has 2 aliphatic rings. The van der Waals surface area contributed by atoms with Gasteiger partial charge in [0.05, 0.1) is 27.8 Å². The van der Waals surface area contributed by atoms with Crippen LogP contribution in [-0.2, 0) is 0 Å². The van der Waals surface area contributed by atoms with Crippen molar-refractivity contribution in [2.45, 2.75) is 0 Å². The van der Waals surface area contributed by atoms with Crippen molar-refractivity contribution in [2.24, 2.45) is 0 Å². The second kappa shape index (κ2) is 20.4. The fourth-order valence-corrected chi connectivity index (χ4v) is 14.3. The summed E-state index contributed by atoms with van der Waals surface area (Å²) in [5.41, 5.74) is 24.1. The van der Waals surface area contributed by atoms with Gasteiger partial charge in [0.15, 0.2) is 17.5 Å². The van der Waals surface area contributed by atoms with Gasteiger partial charge in [-0.15, -0.1) is 0 Å². The molecule has 0 amide bonds. The average molecular weight is 1130 g/mol. The van der Waals surface area contributed by atoms with E-state index in [4.69, 9.17) is 15.0 Å². The summed E-state index contributed by atoms with van der Waals surface area (Å²) in [7, 11) is 0. The largest absolute Gasteiger partial charge is 0.311 e. The van der Waals surface area contributed by atoms with Crippen molar-refractivity contribution in [3.63, 3.8) is 0 Å². The predicted octanol–water partition coefficient (Wildman–Crippen LogP) is 18.5. The van der Waals surface area contributed by atoms with Crippen molar-refractivity contribution < 1.29 is 0 Å². The number of hydrogen-bond donors (Lipinski definition) is 0. The molecule has 0 radical (unpaired) electrons. The zero-order valence-corrected chi connectivity index (χ0v) is 48.2. The van der Waals surface area contributed by atoms with E-state index in [2.05, 4.69) is 298 Å². The van der Waals surface area contributed by atoms with Gasteiger partial charge < -0.3 is 18.9 Å². The van der Waals surface area contributed by atoms with E-state index in [-0.39, 0.29) is 6.71 Å². The van der Waals surface area contributed by atoms with Crippen LogP contribution >= 0.6 is 0 Å². The molecular formula is C81H52BN7. The fourth-order valence-electron chi connectivity index (χ4n) is 14.3. The molecule has 0 N–H and O–H groups in total. The molecule has 0 atom stereocenters. The van der Waals surface area contributed by atoms with E-state index in [0.29, 0.717) is 17.5 Å². The van der Waals surface area contributed by atoms with Crippen LogP contribution in [0.4, 0.5) is 34.1 Å². The molecule has 8 heteroatoms. The maximum absolute atomic E-state index is 5.48. The lowest BCUT2D eigenvalue weighted by Crippen LogP contribution is -2.61. The van der Waals surface area contributed by atoms with Crippen molar-refractivity contribution >= 4 is 101 Å². The van der Waals surface area contributed by atoms with Crippen molar-refractivity contribution in [3.8, 4) is 67.8 Å². The first-order chi connectivity index (χ1) is 44.2. The van der Waals surface area contributed by atoms with Gasteiger partial charge in [0.25, 0.3) is 6.71 Å². The van der Waals surface area contributed by atoms with Crippen LogP contribution in [0.3, 0.4) is 0 Å². The van der Waals surface area contributed by atoms with E-state index in [0.717, 1.165) is 106 Å². The van der Waals surface area contributed by atoms with E-state index >= 15 is 0 Å². The molecular weight excluding hydrogens is 1080 g/mol. The van der Waals surface area contributed by atoms with Crippen LogP contribution in [-0.4, -0.2) is 30.8 Å². The van der Waals surface area contributed by atoms with Gasteiger partial charge in [-0.3, -0.25) is 0 Å². The maximum atomic E-state index is 5.48. The normalized spacial score (nSPS) is 12.4. The lowest BCUT2D eigenvalue weighted by Gasteiger charge is -2.44. The molecule has 0 fully saturated rings. The summed E-state index contributed by atoms with van der Waals surface area (Å²) in [6.45, 7) is -0.000360. The van der Waals surface area contributed by atoms with Gasteiger partial charge in [-0.25, -0.2) is 15.0 Å². The summed E-state index contributed by atoms with van der Waals surface area (Å²) in [6, 6.07) is 114. The highest BCUT2D eigenvalue weighted by molar-refractivity contribution is 7.00. The minimum Gasteiger partial charge on any atom is -0.311 e. The second-order valence-corrected chi connectivity index (χ2v) is 23.1. The highest BCUT2D eigenvalue weighted by Crippen LogP contribution is 2.48. The molecule has 414 valence electrons. The third-order valence-corrected chi connectivity index (χ3v) is 18.1. The molecule has 0 unspecified atom stereocenters. The summed E-state index contributed by atoms with van der Waals surface area (Å²) in [6.07, 6.45) is 0. The third kappa shape index (κ3) is 8.04. The molecule has 0 spiro atoms. The number of nitrogens with zero attached hydrogens (tertiary/aromatic N) is 7. The molecule has 7 nitrogen and oxygen atoms in total. The minimum absolute atomic E-state index is 0.000360. The number of hydrogen-bond acceptors (Lipinski definition) is 5. The zero-order chi connectivity index (χ0) is 58.5. The van der Waals surface area contributed by atoms with Gasteiger partial charge in [-0.05, 0) is 130 Å². The maximum Gasteiger partial charge on any atom is 0.252 e. The smallest absolute Gasteiger partial charge is 0.252 e. The molecule has 3 aromatic heterocycles. The first kappa shape index (κ1) is 50.5. The Morgan fingerprint density at radius 2 is 0.674 bits per heavy atom. The Labute approximate surface area is 515 Å². The van der Waals surface area contributed by atoms with Crippen molar-refractivity contribution in [1.82, 2.24) is 24.1 Å². The molecule has 0 bridgehead atoms. The number of rotatable bonds is 9. The van der Waals surface area contributed by atoms with Gasteiger partial charge in [-0.1, -0.05) is 218 Å². The fraction of sp³-hybridized carbons (Fsp3) is 0. The summed E-state index contributed by atoms with van der Waals surface area (Å²) < 4.78 is 4.89. The van der Waals surface area contributed by atoms with Gasteiger partial charge in [0.1, 0.15) is 0 Å². The Morgan fingerprint density at radius 1 is 0.247 bits per heavy atom. The number of benzene rings is 13. The van der Waals surface area contributed by atoms with E-state index in [1.807, 2.05) is 36.4 Å². The Kier molecular flexibility index (Phi) is 11.6. The van der Waals surface area contributed by atoms with Gasteiger partial charge >= 0.3 is 0 Å². The summed E-state index contributed by atoms with van der Waals surface area (Å²) in [5.74, 6) is 1.77. The summed E-state index contributed by atoms with van der Waals surface area (Å²) in [4.78, 5) is 21.1. The van der Waals surface area contributed by atoms with Gasteiger partial charge in [0.2, 0.25) is 0 Å².